The van der Waals surface area contributed by atoms with Gasteiger partial charge in [0.1, 0.15) is 17.4 Å². The minimum Gasteiger partial charge on any atom is -0.507 e. The number of rotatable bonds is 6. The Morgan fingerprint density at radius 1 is 0.974 bits per heavy atom. The molecule has 208 valence electrons. The first kappa shape index (κ1) is 28.5. The lowest BCUT2D eigenvalue weighted by molar-refractivity contribution is -0.137. The molecular weight excluding hydrogens is 496 g/mol. The summed E-state index contributed by atoms with van der Waals surface area (Å²) in [4.78, 5) is 26.7. The van der Waals surface area contributed by atoms with E-state index in [1.165, 1.54) is 29.3 Å². The largest absolute Gasteiger partial charge is 0.507 e. The number of carboxylic acids is 2. The third-order valence-electron chi connectivity index (χ3n) is 8.17. The molecule has 2 aromatic carbocycles. The van der Waals surface area contributed by atoms with Crippen LogP contribution in [0.15, 0.2) is 30.3 Å². The number of carbonyl (C=O) groups is 2. The summed E-state index contributed by atoms with van der Waals surface area (Å²) >= 11 is 0. The van der Waals surface area contributed by atoms with Gasteiger partial charge < -0.3 is 25.3 Å². The van der Waals surface area contributed by atoms with Crippen LogP contribution in [0.25, 0.3) is 0 Å². The average Bonchev–Trinajstić information content (AvgIpc) is 2.88. The lowest BCUT2D eigenvalue weighted by Gasteiger charge is -2.46. The normalized spacial score (nSPS) is 18.9. The number of nitrogens with zero attached hydrogens (tertiary/aromatic N) is 2. The molecule has 0 radical (unpaired) electrons. The van der Waals surface area contributed by atoms with Gasteiger partial charge in [-0.1, -0.05) is 45.6 Å². The highest BCUT2D eigenvalue weighted by Crippen LogP contribution is 2.50. The van der Waals surface area contributed by atoms with E-state index in [0.717, 1.165) is 44.7 Å². The molecule has 8 heteroatoms. The van der Waals surface area contributed by atoms with Crippen molar-refractivity contribution in [3.63, 3.8) is 0 Å². The van der Waals surface area contributed by atoms with Crippen molar-refractivity contribution < 1.29 is 30.0 Å². The van der Waals surface area contributed by atoms with Crippen LogP contribution in [0.3, 0.4) is 0 Å². The summed E-state index contributed by atoms with van der Waals surface area (Å²) < 4.78 is 0. The average molecular weight is 535 g/mol. The van der Waals surface area contributed by atoms with Crippen LogP contribution < -0.4 is 4.90 Å². The highest BCUT2D eigenvalue weighted by molar-refractivity contribution is 5.90. The first-order valence-electron chi connectivity index (χ1n) is 13.4. The highest BCUT2D eigenvalue weighted by Gasteiger charge is 2.40. The van der Waals surface area contributed by atoms with Gasteiger partial charge in [-0.3, -0.25) is 9.69 Å². The number of carboxylic acid groups (broad SMARTS) is 2. The summed E-state index contributed by atoms with van der Waals surface area (Å²) in [6.07, 6.45) is 1.13. The first-order chi connectivity index (χ1) is 18.3. The molecule has 1 saturated heterocycles. The summed E-state index contributed by atoms with van der Waals surface area (Å²) in [5.41, 5.74) is 4.40. The second-order valence-electron chi connectivity index (χ2n) is 11.9. The number of aliphatic hydroxyl groups excluding tert-OH is 1. The number of aromatic carboxylic acids is 1. The van der Waals surface area contributed by atoms with Crippen molar-refractivity contribution in [2.45, 2.75) is 63.9 Å². The van der Waals surface area contributed by atoms with Crippen molar-refractivity contribution >= 4 is 17.6 Å². The van der Waals surface area contributed by atoms with E-state index < -0.39 is 18.0 Å². The van der Waals surface area contributed by atoms with Gasteiger partial charge >= 0.3 is 11.9 Å². The smallest absolute Gasteiger partial charge is 0.339 e. The molecule has 1 aliphatic heterocycles. The summed E-state index contributed by atoms with van der Waals surface area (Å²) in [6.45, 7) is 12.6. The Hall–Kier alpha value is -3.54. The molecule has 39 heavy (non-hydrogen) atoms. The quantitative estimate of drug-likeness (QED) is 0.409. The van der Waals surface area contributed by atoms with Gasteiger partial charge in [0, 0.05) is 44.0 Å². The number of phenols is 1. The lowest BCUT2D eigenvalue weighted by Crippen LogP contribution is -2.48. The van der Waals surface area contributed by atoms with Gasteiger partial charge in [0.25, 0.3) is 0 Å². The van der Waals surface area contributed by atoms with Crippen LogP contribution in [0.4, 0.5) is 5.69 Å². The molecule has 1 unspecified atom stereocenters. The maximum absolute atomic E-state index is 11.2. The molecule has 0 spiro atoms. The Labute approximate surface area is 229 Å². The zero-order valence-corrected chi connectivity index (χ0v) is 23.1. The SMILES string of the molecule is CC1(C)CCC(C)(C)c2c(N3CCN(CCC(=O)O)CC3)cc(C(O)C#Cc3ccc(C(=O)O)c(O)c3)cc21. The van der Waals surface area contributed by atoms with Crippen LogP contribution in [0.1, 0.15) is 85.7 Å². The van der Waals surface area contributed by atoms with Gasteiger partial charge in [-0.25, -0.2) is 4.79 Å². The van der Waals surface area contributed by atoms with Gasteiger partial charge in [-0.05, 0) is 64.6 Å². The third-order valence-corrected chi connectivity index (χ3v) is 8.17. The van der Waals surface area contributed by atoms with Crippen molar-refractivity contribution in [1.29, 1.82) is 0 Å². The minimum absolute atomic E-state index is 0.0425. The number of piperazine rings is 1. The molecule has 8 nitrogen and oxygen atoms in total. The predicted molar refractivity (Wildman–Crippen MR) is 150 cm³/mol. The zero-order chi connectivity index (χ0) is 28.5. The molecule has 4 N–H and O–H groups in total. The maximum Gasteiger partial charge on any atom is 0.339 e. The highest BCUT2D eigenvalue weighted by atomic mass is 16.4. The van der Waals surface area contributed by atoms with Crippen LogP contribution >= 0.6 is 0 Å². The fraction of sp³-hybridized carbons (Fsp3) is 0.484. The Morgan fingerprint density at radius 2 is 1.64 bits per heavy atom. The summed E-state index contributed by atoms with van der Waals surface area (Å²) in [6, 6.07) is 8.21. The van der Waals surface area contributed by atoms with Crippen molar-refractivity contribution in [1.82, 2.24) is 4.90 Å². The van der Waals surface area contributed by atoms with Gasteiger partial charge in [0.15, 0.2) is 0 Å². The van der Waals surface area contributed by atoms with Gasteiger partial charge in [0.05, 0.1) is 6.42 Å². The summed E-state index contributed by atoms with van der Waals surface area (Å²) in [7, 11) is 0. The monoisotopic (exact) mass is 534 g/mol. The Balaban J connectivity index is 1.69. The van der Waals surface area contributed by atoms with E-state index in [0.29, 0.717) is 17.7 Å². The number of benzene rings is 2. The molecule has 0 saturated carbocycles. The number of aromatic hydroxyl groups is 1. The topological polar surface area (TPSA) is 122 Å². The van der Waals surface area contributed by atoms with Crippen LogP contribution in [0.5, 0.6) is 5.75 Å². The Bertz CT molecular complexity index is 1330. The minimum atomic E-state index is -1.22. The van der Waals surface area contributed by atoms with Crippen LogP contribution in [-0.4, -0.2) is 70.0 Å². The van der Waals surface area contributed by atoms with E-state index in [4.69, 9.17) is 10.2 Å². The number of hydrogen-bond acceptors (Lipinski definition) is 6. The number of anilines is 1. The molecule has 0 aromatic heterocycles. The van der Waals surface area contributed by atoms with Crippen molar-refractivity contribution in [2.75, 3.05) is 37.6 Å². The van der Waals surface area contributed by atoms with Crippen LogP contribution in [0.2, 0.25) is 0 Å². The van der Waals surface area contributed by atoms with Crippen molar-refractivity contribution in [2.24, 2.45) is 0 Å². The molecule has 2 aromatic rings. The molecule has 1 fully saturated rings. The fourth-order valence-electron chi connectivity index (χ4n) is 5.68. The zero-order valence-electron chi connectivity index (χ0n) is 23.1. The van der Waals surface area contributed by atoms with Gasteiger partial charge in [-0.2, -0.15) is 0 Å². The predicted octanol–water partition coefficient (Wildman–Crippen LogP) is 4.12. The number of fused-ring (bicyclic) bond motifs is 1. The second kappa shape index (κ2) is 10.9. The molecule has 2 aliphatic rings. The lowest BCUT2D eigenvalue weighted by atomic mass is 9.62. The Kier molecular flexibility index (Phi) is 7.97. The van der Waals surface area contributed by atoms with E-state index in [2.05, 4.69) is 55.4 Å². The Morgan fingerprint density at radius 3 is 2.26 bits per heavy atom. The van der Waals surface area contributed by atoms with E-state index in [1.54, 1.807) is 0 Å². The van der Waals surface area contributed by atoms with Crippen LogP contribution in [0, 0.1) is 11.8 Å². The molecule has 4 rings (SSSR count). The molecule has 1 aliphatic carbocycles. The molecular formula is C31H38N2O6. The number of aliphatic carboxylic acids is 1. The standard InChI is InChI=1S/C31H38N2O6/c1-30(2)10-11-31(3,4)28-23(30)18-21(19-24(28)33-15-13-32(14-16-33)12-9-27(36)37)25(34)8-6-20-5-7-22(29(38)39)26(35)17-20/h5,7,17-19,25,34-35H,9-16H2,1-4H3,(H,36,37)(H,38,39). The first-order valence-corrected chi connectivity index (χ1v) is 13.4. The van der Waals surface area contributed by atoms with Gasteiger partial charge in [-0.15, -0.1) is 0 Å². The van der Waals surface area contributed by atoms with E-state index in [9.17, 15) is 19.8 Å². The summed E-state index contributed by atoms with van der Waals surface area (Å²) in [5.74, 6) is 3.37. The molecule has 0 amide bonds. The second-order valence-corrected chi connectivity index (χ2v) is 11.9. The molecule has 1 heterocycles. The fourth-order valence-corrected chi connectivity index (χ4v) is 5.68. The van der Waals surface area contributed by atoms with Crippen LogP contribution in [-0.2, 0) is 15.6 Å². The third kappa shape index (κ3) is 6.21. The van der Waals surface area contributed by atoms with Crippen molar-refractivity contribution in [3.05, 3.63) is 58.1 Å². The molecule has 0 bridgehead atoms. The van der Waals surface area contributed by atoms with E-state index in [-0.39, 0.29) is 28.6 Å². The van der Waals surface area contributed by atoms with Crippen molar-refractivity contribution in [3.8, 4) is 17.6 Å². The summed E-state index contributed by atoms with van der Waals surface area (Å²) in [5, 5.41) is 39.3. The number of hydrogen-bond donors (Lipinski definition) is 4. The molecule has 1 atom stereocenters. The maximum atomic E-state index is 11.2. The number of aliphatic hydroxyl groups is 1. The van der Waals surface area contributed by atoms with E-state index >= 15 is 0 Å². The van der Waals surface area contributed by atoms with E-state index in [1.807, 2.05) is 6.07 Å². The van der Waals surface area contributed by atoms with Gasteiger partial charge in [0.2, 0.25) is 0 Å².